The highest BCUT2D eigenvalue weighted by Gasteiger charge is 2.71. The molecule has 0 bridgehead atoms. The molecular weight excluding hydrogens is 672 g/mol. The lowest BCUT2D eigenvalue weighted by atomic mass is 9.32. The first-order chi connectivity index (χ1) is 24.5. The van der Waals surface area contributed by atoms with Crippen LogP contribution in [0.25, 0.3) is 0 Å². The molecule has 0 amide bonds. The molecule has 53 heavy (non-hydrogen) atoms. The second kappa shape index (κ2) is 14.8. The number of carbonyl (C=O) groups is 4. The topological polar surface area (TPSA) is 125 Å². The smallest absolute Gasteiger partial charge is 0.481 e. The van der Waals surface area contributed by atoms with Gasteiger partial charge in [0.05, 0.1) is 19.4 Å². The van der Waals surface area contributed by atoms with E-state index in [0.717, 1.165) is 57.8 Å². The van der Waals surface area contributed by atoms with Gasteiger partial charge in [-0.2, -0.15) is 0 Å². The van der Waals surface area contributed by atoms with Gasteiger partial charge in [-0.25, -0.2) is 4.79 Å². The molecule has 11 atom stereocenters. The molecule has 9 heteroatoms. The number of hydrogen-bond acceptors (Lipinski definition) is 8. The molecule has 5 saturated carbocycles. The fourth-order valence-electron chi connectivity index (χ4n) is 13.9. The van der Waals surface area contributed by atoms with Crippen molar-refractivity contribution in [3.05, 3.63) is 12.2 Å². The summed E-state index contributed by atoms with van der Waals surface area (Å²) >= 11 is 0. The Morgan fingerprint density at radius 2 is 1.53 bits per heavy atom. The molecule has 5 aliphatic carbocycles. The summed E-state index contributed by atoms with van der Waals surface area (Å²) in [4.78, 5) is 49.5. The van der Waals surface area contributed by atoms with E-state index in [2.05, 4.69) is 48.1 Å². The Labute approximate surface area is 319 Å². The van der Waals surface area contributed by atoms with Crippen molar-refractivity contribution >= 4 is 24.1 Å². The Bertz CT molecular complexity index is 1430. The molecule has 5 aliphatic rings. The highest BCUT2D eigenvalue weighted by atomic mass is 16.8. The van der Waals surface area contributed by atoms with E-state index >= 15 is 0 Å². The molecule has 0 saturated heterocycles. The van der Waals surface area contributed by atoms with Crippen molar-refractivity contribution in [3.8, 4) is 0 Å². The van der Waals surface area contributed by atoms with E-state index in [1.54, 1.807) is 13.8 Å². The van der Waals surface area contributed by atoms with Crippen molar-refractivity contribution in [1.29, 1.82) is 0 Å². The van der Waals surface area contributed by atoms with E-state index < -0.39 is 23.8 Å². The molecule has 0 aromatic rings. The van der Waals surface area contributed by atoms with E-state index in [1.165, 1.54) is 18.4 Å². The van der Waals surface area contributed by atoms with Crippen molar-refractivity contribution < 1.29 is 43.2 Å². The quantitative estimate of drug-likeness (QED) is 0.0900. The molecule has 0 radical (unpaired) electrons. The standard InChI is InChI=1S/C44H70O9/c1-12-50-38(49)52-28(4)51-35(47)18-22-44-21-15-29(27(2)3)37(44)30-13-14-32-41(9)19-17-33(53-36(48)26-39(5,6)25-34(45)46)40(7,8)31(41)16-20-43(32,11)42(30,10)23-24-44/h28-33,37H,2,12-26H2,1,3-11H3,(H,45,46)/t28?,29?,30-,31?,32?,33?,37?,41+,42-,43-,44+/m1/s1. The molecule has 0 aromatic heterocycles. The van der Waals surface area contributed by atoms with E-state index in [1.807, 2.05) is 13.8 Å². The van der Waals surface area contributed by atoms with Gasteiger partial charge in [0.2, 0.25) is 6.29 Å². The van der Waals surface area contributed by atoms with Crippen molar-refractivity contribution in [2.75, 3.05) is 6.61 Å². The van der Waals surface area contributed by atoms with Crippen LogP contribution in [0.5, 0.6) is 0 Å². The summed E-state index contributed by atoms with van der Waals surface area (Å²) in [5.74, 6) is 0.928. The molecule has 6 unspecified atom stereocenters. The Hall–Kier alpha value is -2.58. The van der Waals surface area contributed by atoms with Crippen molar-refractivity contribution in [2.45, 2.75) is 172 Å². The summed E-state index contributed by atoms with van der Waals surface area (Å²) in [5.41, 5.74) is 0.926. The van der Waals surface area contributed by atoms with Crippen LogP contribution in [0, 0.1) is 62.1 Å². The Kier molecular flexibility index (Phi) is 11.6. The average molecular weight is 743 g/mol. The van der Waals surface area contributed by atoms with E-state index in [9.17, 15) is 24.3 Å². The predicted octanol–water partition coefficient (Wildman–Crippen LogP) is 10.3. The minimum Gasteiger partial charge on any atom is -0.481 e. The molecule has 9 nitrogen and oxygen atoms in total. The number of esters is 2. The van der Waals surface area contributed by atoms with Crippen LogP contribution in [0.4, 0.5) is 4.79 Å². The number of ether oxygens (including phenoxy) is 4. The molecule has 300 valence electrons. The van der Waals surface area contributed by atoms with Crippen LogP contribution >= 0.6 is 0 Å². The highest BCUT2D eigenvalue weighted by molar-refractivity contribution is 5.73. The first-order valence-corrected chi connectivity index (χ1v) is 20.6. The van der Waals surface area contributed by atoms with Gasteiger partial charge in [-0.3, -0.25) is 14.4 Å². The molecule has 5 fully saturated rings. The van der Waals surface area contributed by atoms with Crippen LogP contribution < -0.4 is 0 Å². The van der Waals surface area contributed by atoms with Gasteiger partial charge in [-0.05, 0) is 141 Å². The number of allylic oxidation sites excluding steroid dienone is 1. The largest absolute Gasteiger partial charge is 0.511 e. The first-order valence-electron chi connectivity index (χ1n) is 20.6. The average Bonchev–Trinajstić information content (AvgIpc) is 3.41. The van der Waals surface area contributed by atoms with Crippen LogP contribution in [0.15, 0.2) is 12.2 Å². The van der Waals surface area contributed by atoms with Gasteiger partial charge in [0.1, 0.15) is 6.10 Å². The van der Waals surface area contributed by atoms with Crippen molar-refractivity contribution in [2.24, 2.45) is 62.1 Å². The molecule has 0 aromatic carbocycles. The maximum atomic E-state index is 13.2. The van der Waals surface area contributed by atoms with E-state index in [4.69, 9.17) is 18.9 Å². The van der Waals surface area contributed by atoms with Crippen molar-refractivity contribution in [3.63, 3.8) is 0 Å². The van der Waals surface area contributed by atoms with Crippen LogP contribution in [0.2, 0.25) is 0 Å². The Balaban J connectivity index is 1.33. The number of carboxylic acid groups (broad SMARTS) is 1. The molecule has 1 N–H and O–H groups in total. The lowest BCUT2D eigenvalue weighted by molar-refractivity contribution is -0.250. The molecule has 0 heterocycles. The first kappa shape index (κ1) is 41.6. The van der Waals surface area contributed by atoms with Crippen LogP contribution in [0.3, 0.4) is 0 Å². The number of rotatable bonds is 12. The van der Waals surface area contributed by atoms with Gasteiger partial charge < -0.3 is 24.1 Å². The zero-order valence-corrected chi connectivity index (χ0v) is 34.6. The number of carbonyl (C=O) groups excluding carboxylic acids is 3. The van der Waals surface area contributed by atoms with Gasteiger partial charge in [0, 0.05) is 18.8 Å². The maximum Gasteiger partial charge on any atom is 0.511 e. The third kappa shape index (κ3) is 7.54. The molecule has 5 rings (SSSR count). The summed E-state index contributed by atoms with van der Waals surface area (Å²) in [5, 5.41) is 9.34. The predicted molar refractivity (Wildman–Crippen MR) is 202 cm³/mol. The van der Waals surface area contributed by atoms with Crippen LogP contribution in [-0.4, -0.2) is 48.2 Å². The summed E-state index contributed by atoms with van der Waals surface area (Å²) in [6.07, 6.45) is 10.1. The van der Waals surface area contributed by atoms with Crippen molar-refractivity contribution in [1.82, 2.24) is 0 Å². The fourth-order valence-corrected chi connectivity index (χ4v) is 13.9. The highest BCUT2D eigenvalue weighted by Crippen LogP contribution is 2.78. The summed E-state index contributed by atoms with van der Waals surface area (Å²) in [6.45, 7) is 26.2. The summed E-state index contributed by atoms with van der Waals surface area (Å²) in [7, 11) is 0. The second-order valence-corrected chi connectivity index (χ2v) is 20.2. The molecule has 0 aliphatic heterocycles. The maximum absolute atomic E-state index is 13.2. The number of aliphatic carboxylic acids is 1. The third-order valence-electron chi connectivity index (χ3n) is 16.4. The van der Waals surface area contributed by atoms with Crippen LogP contribution in [-0.2, 0) is 33.3 Å². The number of fused-ring (bicyclic) bond motifs is 7. The Morgan fingerprint density at radius 3 is 2.17 bits per heavy atom. The van der Waals surface area contributed by atoms with E-state index in [0.29, 0.717) is 36.0 Å². The van der Waals surface area contributed by atoms with Gasteiger partial charge in [0.25, 0.3) is 0 Å². The Morgan fingerprint density at radius 1 is 0.830 bits per heavy atom. The van der Waals surface area contributed by atoms with Gasteiger partial charge in [0.15, 0.2) is 0 Å². The van der Waals surface area contributed by atoms with Gasteiger partial charge in [-0.1, -0.05) is 60.6 Å². The second-order valence-electron chi connectivity index (χ2n) is 20.2. The number of carboxylic acids is 1. The van der Waals surface area contributed by atoms with Gasteiger partial charge >= 0.3 is 24.1 Å². The van der Waals surface area contributed by atoms with Gasteiger partial charge in [-0.15, -0.1) is 0 Å². The fraction of sp³-hybridized carbons (Fsp3) is 0.864. The lowest BCUT2D eigenvalue weighted by Crippen LogP contribution is -2.66. The van der Waals surface area contributed by atoms with Crippen LogP contribution in [0.1, 0.15) is 159 Å². The zero-order valence-electron chi connectivity index (χ0n) is 34.6. The van der Waals surface area contributed by atoms with E-state index in [-0.39, 0.29) is 64.6 Å². The minimum atomic E-state index is -0.994. The third-order valence-corrected chi connectivity index (χ3v) is 16.4. The normalized spacial score (nSPS) is 39.2. The molecule has 0 spiro atoms. The zero-order chi connectivity index (χ0) is 39.4. The SMILES string of the molecule is C=C(C)C1CC[C@]2(CCC(=O)OC(C)OC(=O)OCC)CC[C@]3(C)[C@H](CCC4[C@@]5(C)CCC(OC(=O)CC(C)(C)CC(=O)O)C(C)(C)C5CC[C@]43C)C12. The number of hydrogen-bond donors (Lipinski definition) is 1. The monoisotopic (exact) mass is 743 g/mol. The summed E-state index contributed by atoms with van der Waals surface area (Å²) in [6, 6.07) is 0. The minimum absolute atomic E-state index is 0.0608. The molecular formula is C44H70O9. The summed E-state index contributed by atoms with van der Waals surface area (Å²) < 4.78 is 21.7. The lowest BCUT2D eigenvalue weighted by Gasteiger charge is -2.73.